The van der Waals surface area contributed by atoms with E-state index >= 15 is 0 Å². The highest BCUT2D eigenvalue weighted by Crippen LogP contribution is 2.34. The Kier molecular flexibility index (Phi) is 3.96. The van der Waals surface area contributed by atoms with Crippen LogP contribution in [0.5, 0.6) is 5.75 Å². The third-order valence-electron chi connectivity index (χ3n) is 4.26. The fourth-order valence-electron chi connectivity index (χ4n) is 3.08. The van der Waals surface area contributed by atoms with Gasteiger partial charge in [-0.25, -0.2) is 0 Å². The number of rotatable bonds is 3. The van der Waals surface area contributed by atoms with E-state index in [1.165, 1.54) is 24.0 Å². The van der Waals surface area contributed by atoms with Crippen molar-refractivity contribution in [2.24, 2.45) is 11.7 Å². The van der Waals surface area contributed by atoms with Crippen molar-refractivity contribution in [3.63, 3.8) is 0 Å². The number of likely N-dealkylation sites (tertiary alicyclic amines) is 1. The molecule has 19 heavy (non-hydrogen) atoms. The second kappa shape index (κ2) is 5.70. The first-order valence-electron chi connectivity index (χ1n) is 7.13. The van der Waals surface area contributed by atoms with E-state index in [1.54, 1.807) is 0 Å². The zero-order valence-electron chi connectivity index (χ0n) is 11.2. The van der Waals surface area contributed by atoms with Crippen LogP contribution in [-0.4, -0.2) is 31.1 Å². The Morgan fingerprint density at radius 1 is 1.32 bits per heavy atom. The molecule has 3 rings (SSSR count). The van der Waals surface area contributed by atoms with Gasteiger partial charge in [0, 0.05) is 23.6 Å². The Balaban J connectivity index is 1.70. The van der Waals surface area contributed by atoms with Crippen LogP contribution in [0, 0.1) is 5.92 Å². The molecule has 104 valence electrons. The molecule has 0 saturated carbocycles. The van der Waals surface area contributed by atoms with Crippen LogP contribution in [0.3, 0.4) is 0 Å². The Bertz CT molecular complexity index is 456. The molecule has 1 saturated heterocycles. The van der Waals surface area contributed by atoms with Gasteiger partial charge >= 0.3 is 0 Å². The lowest BCUT2D eigenvalue weighted by Gasteiger charge is -2.31. The Hall–Kier alpha value is -0.770. The standard InChI is InChI=1S/C15H21ClN2O/c16-14-7-12-3-6-19-15(12)13(8-14)10-18-4-1-11(9-17)2-5-18/h7-8,11H,1-6,9-10,17H2. The highest BCUT2D eigenvalue weighted by Gasteiger charge is 2.22. The Morgan fingerprint density at radius 3 is 2.84 bits per heavy atom. The minimum Gasteiger partial charge on any atom is -0.493 e. The first-order valence-corrected chi connectivity index (χ1v) is 7.50. The molecule has 0 radical (unpaired) electrons. The molecule has 0 aromatic heterocycles. The topological polar surface area (TPSA) is 38.5 Å². The molecule has 3 nitrogen and oxygen atoms in total. The van der Waals surface area contributed by atoms with Gasteiger partial charge in [-0.2, -0.15) is 0 Å². The zero-order valence-corrected chi connectivity index (χ0v) is 12.0. The molecule has 0 atom stereocenters. The van der Waals surface area contributed by atoms with Crippen LogP contribution < -0.4 is 10.5 Å². The molecule has 1 fully saturated rings. The van der Waals surface area contributed by atoms with Crippen molar-refractivity contribution >= 4 is 11.6 Å². The molecule has 0 unspecified atom stereocenters. The third-order valence-corrected chi connectivity index (χ3v) is 4.48. The van der Waals surface area contributed by atoms with Crippen LogP contribution >= 0.6 is 11.6 Å². The van der Waals surface area contributed by atoms with Gasteiger partial charge in [0.2, 0.25) is 0 Å². The van der Waals surface area contributed by atoms with Crippen LogP contribution in [0.2, 0.25) is 5.02 Å². The van der Waals surface area contributed by atoms with Crippen molar-refractivity contribution in [3.05, 3.63) is 28.3 Å². The van der Waals surface area contributed by atoms with Crippen molar-refractivity contribution in [3.8, 4) is 5.75 Å². The minimum absolute atomic E-state index is 0.706. The largest absolute Gasteiger partial charge is 0.493 e. The van der Waals surface area contributed by atoms with Gasteiger partial charge in [-0.3, -0.25) is 4.90 Å². The number of fused-ring (bicyclic) bond motifs is 1. The Morgan fingerprint density at radius 2 is 2.11 bits per heavy atom. The first-order chi connectivity index (χ1) is 9.26. The number of nitrogens with zero attached hydrogens (tertiary/aromatic N) is 1. The second-order valence-corrected chi connectivity index (χ2v) is 6.04. The van der Waals surface area contributed by atoms with Gasteiger partial charge in [0.25, 0.3) is 0 Å². The van der Waals surface area contributed by atoms with Gasteiger partial charge in [-0.05, 0) is 56.1 Å². The summed E-state index contributed by atoms with van der Waals surface area (Å²) in [7, 11) is 0. The van der Waals surface area contributed by atoms with Crippen molar-refractivity contribution in [2.75, 3.05) is 26.2 Å². The molecule has 1 aromatic carbocycles. The lowest BCUT2D eigenvalue weighted by molar-refractivity contribution is 0.178. The highest BCUT2D eigenvalue weighted by atomic mass is 35.5. The van der Waals surface area contributed by atoms with Crippen LogP contribution in [0.25, 0.3) is 0 Å². The normalized spacial score (nSPS) is 20.3. The molecule has 2 heterocycles. The summed E-state index contributed by atoms with van der Waals surface area (Å²) in [6.07, 6.45) is 3.40. The van der Waals surface area contributed by atoms with Gasteiger partial charge < -0.3 is 10.5 Å². The van der Waals surface area contributed by atoms with Crippen LogP contribution in [-0.2, 0) is 13.0 Å². The number of halogens is 1. The second-order valence-electron chi connectivity index (χ2n) is 5.61. The fourth-order valence-corrected chi connectivity index (χ4v) is 3.35. The number of hydrogen-bond acceptors (Lipinski definition) is 3. The van der Waals surface area contributed by atoms with Gasteiger partial charge in [0.15, 0.2) is 0 Å². The van der Waals surface area contributed by atoms with Crippen LogP contribution in [0.1, 0.15) is 24.0 Å². The zero-order chi connectivity index (χ0) is 13.2. The molecule has 0 spiro atoms. The summed E-state index contributed by atoms with van der Waals surface area (Å²) in [5, 5.41) is 0.830. The summed E-state index contributed by atoms with van der Waals surface area (Å²) in [5.41, 5.74) is 8.24. The van der Waals surface area contributed by atoms with Gasteiger partial charge in [0.05, 0.1) is 6.61 Å². The molecular weight excluding hydrogens is 260 g/mol. The van der Waals surface area contributed by atoms with Crippen molar-refractivity contribution in [2.45, 2.75) is 25.8 Å². The average Bonchev–Trinajstić information content (AvgIpc) is 2.88. The maximum absolute atomic E-state index is 6.20. The number of hydrogen-bond donors (Lipinski definition) is 1. The molecule has 4 heteroatoms. The molecule has 0 bridgehead atoms. The van der Waals surface area contributed by atoms with E-state index in [4.69, 9.17) is 22.1 Å². The van der Waals surface area contributed by atoms with Crippen LogP contribution in [0.4, 0.5) is 0 Å². The first kappa shape index (κ1) is 13.2. The minimum atomic E-state index is 0.706. The third kappa shape index (κ3) is 2.88. The highest BCUT2D eigenvalue weighted by molar-refractivity contribution is 6.30. The number of nitrogens with two attached hydrogens (primary N) is 1. The molecule has 2 aliphatic heterocycles. The monoisotopic (exact) mass is 280 g/mol. The van der Waals surface area contributed by atoms with Crippen molar-refractivity contribution < 1.29 is 4.74 Å². The fraction of sp³-hybridized carbons (Fsp3) is 0.600. The van der Waals surface area contributed by atoms with Gasteiger partial charge in [0.1, 0.15) is 5.75 Å². The molecule has 0 amide bonds. The van der Waals surface area contributed by atoms with E-state index < -0.39 is 0 Å². The summed E-state index contributed by atoms with van der Waals surface area (Å²) in [6, 6.07) is 4.09. The maximum Gasteiger partial charge on any atom is 0.127 e. The summed E-state index contributed by atoms with van der Waals surface area (Å²) >= 11 is 6.20. The molecule has 0 aliphatic carbocycles. The summed E-state index contributed by atoms with van der Waals surface area (Å²) < 4.78 is 5.76. The smallest absolute Gasteiger partial charge is 0.127 e. The van der Waals surface area contributed by atoms with E-state index in [1.807, 2.05) is 6.07 Å². The maximum atomic E-state index is 6.20. The summed E-state index contributed by atoms with van der Waals surface area (Å²) in [4.78, 5) is 2.49. The van der Waals surface area contributed by atoms with Crippen molar-refractivity contribution in [1.82, 2.24) is 4.90 Å². The number of piperidine rings is 1. The predicted octanol–water partition coefficient (Wildman–Crippen LogP) is 2.45. The van der Waals surface area contributed by atoms with E-state index in [-0.39, 0.29) is 0 Å². The average molecular weight is 281 g/mol. The lowest BCUT2D eigenvalue weighted by Crippen LogP contribution is -2.35. The van der Waals surface area contributed by atoms with E-state index in [2.05, 4.69) is 11.0 Å². The number of ether oxygens (including phenoxy) is 1. The van der Waals surface area contributed by atoms with Gasteiger partial charge in [-0.1, -0.05) is 11.6 Å². The van der Waals surface area contributed by atoms with E-state index in [0.717, 1.165) is 50.0 Å². The molecule has 2 aliphatic rings. The van der Waals surface area contributed by atoms with Gasteiger partial charge in [-0.15, -0.1) is 0 Å². The SMILES string of the molecule is NCC1CCN(Cc2cc(Cl)cc3c2OCC3)CC1. The van der Waals surface area contributed by atoms with Crippen LogP contribution in [0.15, 0.2) is 12.1 Å². The van der Waals surface area contributed by atoms with E-state index in [9.17, 15) is 0 Å². The Labute approximate surface area is 119 Å². The lowest BCUT2D eigenvalue weighted by atomic mass is 9.96. The molecule has 2 N–H and O–H groups in total. The van der Waals surface area contributed by atoms with E-state index in [0.29, 0.717) is 5.92 Å². The van der Waals surface area contributed by atoms with Crippen molar-refractivity contribution in [1.29, 1.82) is 0 Å². The summed E-state index contributed by atoms with van der Waals surface area (Å²) in [6.45, 7) is 4.81. The predicted molar refractivity (Wildman–Crippen MR) is 77.7 cm³/mol. The quantitative estimate of drug-likeness (QED) is 0.924. The number of benzene rings is 1. The summed E-state index contributed by atoms with van der Waals surface area (Å²) in [5.74, 6) is 1.78. The molecular formula is C15H21ClN2O. The molecule has 1 aromatic rings.